The summed E-state index contributed by atoms with van der Waals surface area (Å²) in [7, 11) is -8.20. The second-order valence-corrected chi connectivity index (χ2v) is 21.2. The lowest BCUT2D eigenvalue weighted by Crippen LogP contribution is -2.32. The van der Waals surface area contributed by atoms with Crippen molar-refractivity contribution < 1.29 is 37.8 Å². The van der Waals surface area contributed by atoms with Crippen molar-refractivity contribution in [3.8, 4) is 78.4 Å². The summed E-state index contributed by atoms with van der Waals surface area (Å²) >= 11 is 0. The zero-order valence-corrected chi connectivity index (χ0v) is 40.8. The van der Waals surface area contributed by atoms with E-state index in [4.69, 9.17) is 9.97 Å². The first-order valence-corrected chi connectivity index (χ1v) is 27.0. The predicted octanol–water partition coefficient (Wildman–Crippen LogP) is 12.2. The summed E-state index contributed by atoms with van der Waals surface area (Å²) in [4.78, 5) is 47.2. The average molecular weight is 985 g/mol. The van der Waals surface area contributed by atoms with Crippen molar-refractivity contribution in [2.75, 3.05) is 0 Å². The van der Waals surface area contributed by atoms with Crippen molar-refractivity contribution in [2.24, 2.45) is 0 Å². The first-order valence-electron chi connectivity index (χ1n) is 23.4. The summed E-state index contributed by atoms with van der Waals surface area (Å²) < 4.78 is 26.9. The summed E-state index contributed by atoms with van der Waals surface area (Å²) in [6, 6.07) is 69.4. The van der Waals surface area contributed by atoms with Crippen LogP contribution in [0.2, 0.25) is 0 Å². The lowest BCUT2D eigenvalue weighted by atomic mass is 9.98. The molecule has 12 heteroatoms. The second kappa shape index (κ2) is 20.9. The Bertz CT molecular complexity index is 3330. The van der Waals surface area contributed by atoms with Crippen LogP contribution >= 0.6 is 15.2 Å². The molecule has 0 atom stereocenters. The van der Waals surface area contributed by atoms with Gasteiger partial charge in [-0.3, -0.25) is 9.13 Å². The highest BCUT2D eigenvalue weighted by Gasteiger charge is 2.17. The standard InChI is InChI=1S/C60H48N4O6P2/c65-71(66,67)41-45-10-6-43(7-11-45)39-63-34-30-53(31-35-63)51-18-14-47(15-19-51)49-22-26-55(27-23-49)58-38-59(62-60(61-58)57-4-2-1-3-5-57)56-28-24-50(25-29-56)48-16-20-52(21-17-48)54-32-36-64(37-33-54)40-44-8-12-46(13-9-44)42-72(68,69)70/h1-38H,39-42H2,(H2-2,65,66,67,68,69,70)/p+2. The fourth-order valence-electron chi connectivity index (χ4n) is 8.74. The van der Waals surface area contributed by atoms with Gasteiger partial charge in [0.15, 0.2) is 43.7 Å². The van der Waals surface area contributed by atoms with Crippen molar-refractivity contribution in [3.05, 3.63) is 253 Å². The number of aromatic nitrogens is 4. The maximum atomic E-state index is 11.4. The molecule has 10 aromatic rings. The smallest absolute Gasteiger partial charge is 0.324 e. The van der Waals surface area contributed by atoms with Crippen LogP contribution in [0.25, 0.3) is 78.4 Å². The molecule has 354 valence electrons. The minimum Gasteiger partial charge on any atom is -0.324 e. The van der Waals surface area contributed by atoms with Crippen molar-refractivity contribution in [1.29, 1.82) is 0 Å². The monoisotopic (exact) mass is 984 g/mol. The molecule has 0 unspecified atom stereocenters. The Labute approximate surface area is 418 Å². The van der Waals surface area contributed by atoms with Gasteiger partial charge >= 0.3 is 15.2 Å². The molecule has 4 N–H and O–H groups in total. The van der Waals surface area contributed by atoms with Gasteiger partial charge in [0.25, 0.3) is 0 Å². The van der Waals surface area contributed by atoms with E-state index in [1.165, 1.54) is 0 Å². The van der Waals surface area contributed by atoms with Gasteiger partial charge in [0.2, 0.25) is 0 Å². The Kier molecular flexibility index (Phi) is 13.9. The molecule has 0 saturated heterocycles. The van der Waals surface area contributed by atoms with Gasteiger partial charge in [-0.1, -0.05) is 176 Å². The summed E-state index contributed by atoms with van der Waals surface area (Å²) in [6.45, 7) is 1.30. The van der Waals surface area contributed by atoms with Gasteiger partial charge < -0.3 is 19.6 Å². The van der Waals surface area contributed by atoms with E-state index in [1.807, 2.05) is 79.4 Å². The summed E-state index contributed by atoms with van der Waals surface area (Å²) in [5.74, 6) is 0.657. The molecule has 0 bridgehead atoms. The molecule has 0 amide bonds. The molecule has 0 fully saturated rings. The van der Waals surface area contributed by atoms with E-state index < -0.39 is 15.2 Å². The van der Waals surface area contributed by atoms with Gasteiger partial charge in [0.1, 0.15) is 0 Å². The number of benzene rings is 7. The van der Waals surface area contributed by atoms with Gasteiger partial charge in [-0.05, 0) is 61.7 Å². The fraction of sp³-hybridized carbons (Fsp3) is 0.0667. The highest BCUT2D eigenvalue weighted by Crippen LogP contribution is 2.40. The third-order valence-electron chi connectivity index (χ3n) is 12.6. The predicted molar refractivity (Wildman–Crippen MR) is 283 cm³/mol. The van der Waals surface area contributed by atoms with Crippen LogP contribution in [-0.2, 0) is 34.5 Å². The van der Waals surface area contributed by atoms with Crippen LogP contribution < -0.4 is 9.13 Å². The lowest BCUT2D eigenvalue weighted by molar-refractivity contribution is -0.688. The van der Waals surface area contributed by atoms with Crippen LogP contribution in [0.3, 0.4) is 0 Å². The topological polar surface area (TPSA) is 149 Å². The molecule has 7 aromatic carbocycles. The lowest BCUT2D eigenvalue weighted by Gasteiger charge is -2.11. The van der Waals surface area contributed by atoms with Crippen LogP contribution in [0, 0.1) is 0 Å². The highest BCUT2D eigenvalue weighted by atomic mass is 31.2. The quantitative estimate of drug-likeness (QED) is 0.0586. The van der Waals surface area contributed by atoms with Crippen LogP contribution in [0.1, 0.15) is 22.3 Å². The third-order valence-corrected chi connectivity index (χ3v) is 14.1. The van der Waals surface area contributed by atoms with Crippen LogP contribution in [0.5, 0.6) is 0 Å². The SMILES string of the molecule is O=P(O)(O)Cc1ccc(C[n+]2ccc(-c3ccc(-c4ccc(-c5cc(-c6ccc(-c7ccc(-c8cc[n+](Cc9ccc(CP(=O)(O)O)cc9)cc8)cc7)cc6)nc(-c6ccccc6)n5)cc4)cc3)cc2)cc1. The molecule has 10 rings (SSSR count). The van der Waals surface area contributed by atoms with Gasteiger partial charge in [0.05, 0.1) is 23.7 Å². The summed E-state index contributed by atoms with van der Waals surface area (Å²) in [5.41, 5.74) is 16.8. The van der Waals surface area contributed by atoms with Crippen LogP contribution in [0.15, 0.2) is 231 Å². The molecule has 3 heterocycles. The molecule has 0 radical (unpaired) electrons. The number of rotatable bonds is 15. The van der Waals surface area contributed by atoms with E-state index in [-0.39, 0.29) is 12.3 Å². The third kappa shape index (κ3) is 12.2. The average Bonchev–Trinajstić information content (AvgIpc) is 3.40. The largest absolute Gasteiger partial charge is 0.329 e. The normalized spacial score (nSPS) is 11.7. The van der Waals surface area contributed by atoms with Gasteiger partial charge in [-0.25, -0.2) is 19.1 Å². The highest BCUT2D eigenvalue weighted by molar-refractivity contribution is 7.51. The van der Waals surface area contributed by atoms with E-state index >= 15 is 0 Å². The van der Waals surface area contributed by atoms with Crippen LogP contribution in [-0.4, -0.2) is 29.5 Å². The minimum absolute atomic E-state index is 0.257. The molecule has 0 aliphatic rings. The molecular formula is C60H50N4O6P2+2. The van der Waals surface area contributed by atoms with Crippen molar-refractivity contribution in [2.45, 2.75) is 25.4 Å². The Morgan fingerprint density at radius 1 is 0.319 bits per heavy atom. The Balaban J connectivity index is 0.806. The maximum absolute atomic E-state index is 11.4. The molecule has 0 aliphatic carbocycles. The van der Waals surface area contributed by atoms with Crippen LogP contribution in [0.4, 0.5) is 0 Å². The molecule has 0 spiro atoms. The molecule has 0 aliphatic heterocycles. The Hall–Kier alpha value is -7.78. The summed E-state index contributed by atoms with van der Waals surface area (Å²) in [5, 5.41) is 0. The Morgan fingerprint density at radius 3 is 0.903 bits per heavy atom. The summed E-state index contributed by atoms with van der Waals surface area (Å²) in [6.07, 6.45) is 7.65. The van der Waals surface area contributed by atoms with E-state index in [0.29, 0.717) is 30.0 Å². The number of hydrogen-bond acceptors (Lipinski definition) is 4. The first-order chi connectivity index (χ1) is 34.8. The van der Waals surface area contributed by atoms with Gasteiger partial charge in [0, 0.05) is 52.1 Å². The Morgan fingerprint density at radius 2 is 0.597 bits per heavy atom. The van der Waals surface area contributed by atoms with Crippen molar-refractivity contribution in [3.63, 3.8) is 0 Å². The first kappa shape index (κ1) is 47.9. The second-order valence-electron chi connectivity index (χ2n) is 17.9. The molecule has 3 aromatic heterocycles. The molecule has 72 heavy (non-hydrogen) atoms. The number of nitrogens with zero attached hydrogens (tertiary/aromatic N) is 4. The number of hydrogen-bond donors (Lipinski definition) is 4. The zero-order valence-electron chi connectivity index (χ0n) is 39.1. The molecule has 0 saturated carbocycles. The van der Waals surface area contributed by atoms with Gasteiger partial charge in [-0.2, -0.15) is 0 Å². The van der Waals surface area contributed by atoms with Crippen molar-refractivity contribution >= 4 is 15.2 Å². The van der Waals surface area contributed by atoms with Gasteiger partial charge in [-0.15, -0.1) is 0 Å². The van der Waals surface area contributed by atoms with E-state index in [0.717, 1.165) is 83.7 Å². The van der Waals surface area contributed by atoms with E-state index in [1.54, 1.807) is 24.3 Å². The van der Waals surface area contributed by atoms with E-state index in [2.05, 4.69) is 137 Å². The maximum Gasteiger partial charge on any atom is 0.329 e. The fourth-order valence-corrected chi connectivity index (χ4v) is 10.1. The number of pyridine rings is 2. The molecule has 10 nitrogen and oxygen atoms in total. The van der Waals surface area contributed by atoms with E-state index in [9.17, 15) is 28.7 Å². The van der Waals surface area contributed by atoms with Crippen molar-refractivity contribution in [1.82, 2.24) is 9.97 Å². The zero-order chi connectivity index (χ0) is 49.7. The molecular weight excluding hydrogens is 935 g/mol. The minimum atomic E-state index is -4.10.